The summed E-state index contributed by atoms with van der Waals surface area (Å²) >= 11 is 0. The molecule has 0 saturated heterocycles. The number of aliphatic hydroxyl groups is 1. The van der Waals surface area contributed by atoms with E-state index in [1.807, 2.05) is 11.0 Å². The Kier molecular flexibility index (Phi) is 5.42. The largest absolute Gasteiger partial charge is 0.390 e. The van der Waals surface area contributed by atoms with E-state index >= 15 is 0 Å². The summed E-state index contributed by atoms with van der Waals surface area (Å²) in [7, 11) is 0. The second kappa shape index (κ2) is 8.60. The number of rotatable bonds is 6. The quantitative estimate of drug-likeness (QED) is 0.620. The molecule has 2 aromatic carbocycles. The van der Waals surface area contributed by atoms with Gasteiger partial charge in [0.2, 0.25) is 0 Å². The van der Waals surface area contributed by atoms with E-state index in [2.05, 4.69) is 57.6 Å². The van der Waals surface area contributed by atoms with Gasteiger partial charge in [0.1, 0.15) is 0 Å². The van der Waals surface area contributed by atoms with Gasteiger partial charge in [-0.05, 0) is 65.6 Å². The van der Waals surface area contributed by atoms with Gasteiger partial charge in [-0.2, -0.15) is 10.2 Å². The van der Waals surface area contributed by atoms with Crippen LogP contribution >= 0.6 is 0 Å². The minimum absolute atomic E-state index is 0.0465. The second-order valence-electron chi connectivity index (χ2n) is 10.2. The molecule has 3 heterocycles. The fraction of sp³-hybridized carbons (Fsp3) is 0.393. The Hall–Kier alpha value is -3.09. The maximum Gasteiger partial charge on any atom is 0.254 e. The molecule has 6 rings (SSSR count). The summed E-state index contributed by atoms with van der Waals surface area (Å²) in [4.78, 5) is 17.7. The fourth-order valence-electron chi connectivity index (χ4n) is 5.74. The molecule has 6 nitrogen and oxygen atoms in total. The Labute approximate surface area is 200 Å². The number of aromatic nitrogens is 2. The third-order valence-electron chi connectivity index (χ3n) is 7.68. The van der Waals surface area contributed by atoms with E-state index in [-0.39, 0.29) is 11.3 Å². The molecule has 174 valence electrons. The summed E-state index contributed by atoms with van der Waals surface area (Å²) in [6.45, 7) is 3.50. The lowest BCUT2D eigenvalue weighted by molar-refractivity contribution is 0.0459. The fourth-order valence-corrected chi connectivity index (χ4v) is 5.74. The number of carbonyl (C=O) groups is 1. The van der Waals surface area contributed by atoms with Crippen molar-refractivity contribution in [2.24, 2.45) is 0 Å². The van der Waals surface area contributed by atoms with Crippen molar-refractivity contribution in [3.63, 3.8) is 0 Å². The maximum atomic E-state index is 13.5. The number of β-amino-alcohol motifs (C(OH)–C–C–N with tert-alkyl or cyclic N) is 1. The van der Waals surface area contributed by atoms with E-state index in [1.54, 1.807) is 12.4 Å². The molecule has 0 bridgehead atoms. The van der Waals surface area contributed by atoms with Crippen LogP contribution in [0.4, 0.5) is 0 Å². The van der Waals surface area contributed by atoms with Crippen LogP contribution in [-0.2, 0) is 24.8 Å². The molecule has 1 atom stereocenters. The zero-order chi connectivity index (χ0) is 23.1. The summed E-state index contributed by atoms with van der Waals surface area (Å²) < 4.78 is 0. The van der Waals surface area contributed by atoms with Crippen molar-refractivity contribution in [3.8, 4) is 0 Å². The molecule has 1 aliphatic carbocycles. The van der Waals surface area contributed by atoms with Gasteiger partial charge in [-0.25, -0.2) is 0 Å². The van der Waals surface area contributed by atoms with Crippen molar-refractivity contribution >= 4 is 5.91 Å². The smallest absolute Gasteiger partial charge is 0.254 e. The molecule has 1 unspecified atom stereocenters. The molecular weight excluding hydrogens is 424 g/mol. The first-order valence-electron chi connectivity index (χ1n) is 12.3. The van der Waals surface area contributed by atoms with Crippen molar-refractivity contribution in [2.45, 2.75) is 43.7 Å². The first kappa shape index (κ1) is 21.4. The summed E-state index contributed by atoms with van der Waals surface area (Å²) in [5, 5.41) is 18.8. The van der Waals surface area contributed by atoms with Gasteiger partial charge in [-0.15, -0.1) is 0 Å². The SMILES string of the molecule is O=C1c2cc(Cc3ccnnc3)ccc2C2(CC2)CN1CC(O)CN1CCc2ccccc2C1. The molecule has 1 N–H and O–H groups in total. The lowest BCUT2D eigenvalue weighted by Gasteiger charge is -2.37. The monoisotopic (exact) mass is 454 g/mol. The van der Waals surface area contributed by atoms with E-state index in [0.29, 0.717) is 19.6 Å². The van der Waals surface area contributed by atoms with Crippen LogP contribution in [0.15, 0.2) is 60.9 Å². The summed E-state index contributed by atoms with van der Waals surface area (Å²) in [5.41, 5.74) is 7.00. The first-order valence-corrected chi connectivity index (χ1v) is 12.3. The highest BCUT2D eigenvalue weighted by atomic mass is 16.3. The van der Waals surface area contributed by atoms with Crippen LogP contribution in [0.5, 0.6) is 0 Å². The molecule has 1 fully saturated rings. The van der Waals surface area contributed by atoms with Gasteiger partial charge in [0.05, 0.1) is 12.3 Å². The van der Waals surface area contributed by atoms with E-state index < -0.39 is 6.10 Å². The molecule has 1 aromatic heterocycles. The molecule has 6 heteroatoms. The summed E-state index contributed by atoms with van der Waals surface area (Å²) in [6, 6.07) is 16.9. The molecular formula is C28H30N4O2. The van der Waals surface area contributed by atoms with Crippen molar-refractivity contribution < 1.29 is 9.90 Å². The van der Waals surface area contributed by atoms with Crippen LogP contribution in [0.1, 0.15) is 51.0 Å². The Balaban J connectivity index is 1.16. The number of carbonyl (C=O) groups excluding carboxylic acids is 1. The molecule has 2 aliphatic heterocycles. The summed E-state index contributed by atoms with van der Waals surface area (Å²) in [6.07, 6.45) is 6.86. The zero-order valence-corrected chi connectivity index (χ0v) is 19.4. The number of hydrogen-bond donors (Lipinski definition) is 1. The van der Waals surface area contributed by atoms with Gasteiger partial charge >= 0.3 is 0 Å². The van der Waals surface area contributed by atoms with Gasteiger partial charge < -0.3 is 10.0 Å². The van der Waals surface area contributed by atoms with Gasteiger partial charge in [0.15, 0.2) is 0 Å². The highest BCUT2D eigenvalue weighted by molar-refractivity contribution is 5.98. The van der Waals surface area contributed by atoms with Crippen LogP contribution in [0.2, 0.25) is 0 Å². The zero-order valence-electron chi connectivity index (χ0n) is 19.4. The predicted octanol–water partition coefficient (Wildman–Crippen LogP) is 2.97. The van der Waals surface area contributed by atoms with Crippen molar-refractivity contribution in [1.82, 2.24) is 20.0 Å². The van der Waals surface area contributed by atoms with Gasteiger partial charge in [-0.1, -0.05) is 36.4 Å². The van der Waals surface area contributed by atoms with E-state index in [4.69, 9.17) is 0 Å². The molecule has 3 aromatic rings. The Morgan fingerprint density at radius 1 is 1.00 bits per heavy atom. The molecule has 34 heavy (non-hydrogen) atoms. The van der Waals surface area contributed by atoms with Crippen LogP contribution < -0.4 is 0 Å². The van der Waals surface area contributed by atoms with Crippen molar-refractivity contribution in [3.05, 3.63) is 94.3 Å². The third-order valence-corrected chi connectivity index (χ3v) is 7.68. The molecule has 0 radical (unpaired) electrons. The average Bonchev–Trinajstić information content (AvgIpc) is 3.63. The third kappa shape index (κ3) is 4.12. The van der Waals surface area contributed by atoms with Crippen molar-refractivity contribution in [2.75, 3.05) is 26.2 Å². The molecule has 1 amide bonds. The highest BCUT2D eigenvalue weighted by Gasteiger charge is 2.51. The van der Waals surface area contributed by atoms with Gasteiger partial charge in [0.25, 0.3) is 5.91 Å². The number of fused-ring (bicyclic) bond motifs is 3. The molecule has 1 saturated carbocycles. The van der Waals surface area contributed by atoms with Gasteiger partial charge in [0, 0.05) is 49.9 Å². The standard InChI is InChI=1S/C28H30N4O2/c33-24(17-31-12-8-22-3-1-2-4-23(22)16-31)18-32-19-28(9-10-28)26-6-5-20(14-25(26)27(32)34)13-21-7-11-29-30-15-21/h1-7,11,14-15,24,33H,8-10,12-13,16-19H2. The number of amides is 1. The Bertz CT molecular complexity index is 1210. The number of aliphatic hydroxyl groups excluding tert-OH is 1. The highest BCUT2D eigenvalue weighted by Crippen LogP contribution is 2.52. The first-order chi connectivity index (χ1) is 16.6. The number of nitrogens with zero attached hydrogens (tertiary/aromatic N) is 4. The lowest BCUT2D eigenvalue weighted by Crippen LogP contribution is -2.49. The second-order valence-corrected chi connectivity index (χ2v) is 10.2. The minimum Gasteiger partial charge on any atom is -0.390 e. The summed E-state index contributed by atoms with van der Waals surface area (Å²) in [5.74, 6) is 0.0465. The van der Waals surface area contributed by atoms with Crippen LogP contribution in [-0.4, -0.2) is 63.3 Å². The average molecular weight is 455 g/mol. The lowest BCUT2D eigenvalue weighted by atomic mass is 9.84. The molecule has 3 aliphatic rings. The van der Waals surface area contributed by atoms with E-state index in [0.717, 1.165) is 55.5 Å². The van der Waals surface area contributed by atoms with Crippen LogP contribution in [0.3, 0.4) is 0 Å². The van der Waals surface area contributed by atoms with Crippen molar-refractivity contribution in [1.29, 1.82) is 0 Å². The molecule has 1 spiro atoms. The normalized spacial score (nSPS) is 19.6. The van der Waals surface area contributed by atoms with E-state index in [1.165, 1.54) is 16.7 Å². The predicted molar refractivity (Wildman–Crippen MR) is 130 cm³/mol. The topological polar surface area (TPSA) is 69.6 Å². The minimum atomic E-state index is -0.558. The maximum absolute atomic E-state index is 13.5. The van der Waals surface area contributed by atoms with E-state index in [9.17, 15) is 9.90 Å². The Morgan fingerprint density at radius 2 is 1.85 bits per heavy atom. The Morgan fingerprint density at radius 3 is 2.65 bits per heavy atom. The van der Waals surface area contributed by atoms with Crippen LogP contribution in [0.25, 0.3) is 0 Å². The number of benzene rings is 2. The van der Waals surface area contributed by atoms with Gasteiger partial charge in [-0.3, -0.25) is 9.69 Å². The van der Waals surface area contributed by atoms with Crippen LogP contribution in [0, 0.1) is 0 Å². The number of hydrogen-bond acceptors (Lipinski definition) is 5.